The normalized spacial score (nSPS) is 23.1. The Morgan fingerprint density at radius 1 is 1.29 bits per heavy atom. The number of nitrogens with one attached hydrogen (secondary N) is 1. The Morgan fingerprint density at radius 2 is 1.88 bits per heavy atom. The predicted molar refractivity (Wildman–Crippen MR) is 59.7 cm³/mol. The van der Waals surface area contributed by atoms with E-state index in [2.05, 4.69) is 5.32 Å². The van der Waals surface area contributed by atoms with E-state index in [1.54, 1.807) is 13.8 Å². The molecule has 0 unspecified atom stereocenters. The summed E-state index contributed by atoms with van der Waals surface area (Å²) in [5.41, 5.74) is 0. The lowest BCUT2D eigenvalue weighted by molar-refractivity contribution is -0.128. The first-order chi connectivity index (χ1) is 7.84. The molecule has 2 saturated heterocycles. The summed E-state index contributed by atoms with van der Waals surface area (Å²) in [6.07, 6.45) is 0. The number of carbonyl (C=O) groups excluding carboxylic acids is 2. The topological polar surface area (TPSA) is 86.8 Å². The molecule has 7 nitrogen and oxygen atoms in total. The smallest absolute Gasteiger partial charge is 0.324 e. The highest BCUT2D eigenvalue weighted by Crippen LogP contribution is 2.22. The van der Waals surface area contributed by atoms with Gasteiger partial charge in [0.15, 0.2) is 0 Å². The molecule has 0 atom stereocenters. The maximum atomic E-state index is 11.8. The zero-order valence-corrected chi connectivity index (χ0v) is 10.5. The van der Waals surface area contributed by atoms with E-state index >= 15 is 0 Å². The van der Waals surface area contributed by atoms with Gasteiger partial charge in [-0.15, -0.1) is 0 Å². The van der Waals surface area contributed by atoms with Crippen molar-refractivity contribution in [2.45, 2.75) is 25.1 Å². The number of rotatable bonds is 3. The lowest BCUT2D eigenvalue weighted by Gasteiger charge is -2.42. The van der Waals surface area contributed by atoms with Gasteiger partial charge in [0.2, 0.25) is 15.9 Å². The second-order valence-electron chi connectivity index (χ2n) is 4.49. The van der Waals surface area contributed by atoms with Crippen molar-refractivity contribution >= 4 is 22.0 Å². The number of urea groups is 1. The lowest BCUT2D eigenvalue weighted by atomic mass is 10.1. The highest BCUT2D eigenvalue weighted by Gasteiger charge is 2.45. The van der Waals surface area contributed by atoms with Gasteiger partial charge in [0.1, 0.15) is 0 Å². The summed E-state index contributed by atoms with van der Waals surface area (Å²) in [5.74, 6) is -0.290. The van der Waals surface area contributed by atoms with Gasteiger partial charge in [0, 0.05) is 13.1 Å². The monoisotopic (exact) mass is 261 g/mol. The maximum Gasteiger partial charge on any atom is 0.324 e. The average molecular weight is 261 g/mol. The molecular weight excluding hydrogens is 246 g/mol. The first-order valence-corrected chi connectivity index (χ1v) is 6.93. The van der Waals surface area contributed by atoms with E-state index in [1.165, 1.54) is 4.31 Å². The quantitative estimate of drug-likeness (QED) is 0.657. The van der Waals surface area contributed by atoms with Crippen molar-refractivity contribution < 1.29 is 18.0 Å². The van der Waals surface area contributed by atoms with Gasteiger partial charge in [-0.1, -0.05) is 0 Å². The Balaban J connectivity index is 2.00. The van der Waals surface area contributed by atoms with E-state index in [0.29, 0.717) is 0 Å². The molecule has 0 radical (unpaired) electrons. The highest BCUT2D eigenvalue weighted by atomic mass is 32.2. The molecule has 1 N–H and O–H groups in total. The predicted octanol–water partition coefficient (Wildman–Crippen LogP) is -1.04. The van der Waals surface area contributed by atoms with Crippen LogP contribution >= 0.6 is 0 Å². The molecule has 0 bridgehead atoms. The molecule has 0 saturated carbocycles. The summed E-state index contributed by atoms with van der Waals surface area (Å²) in [6, 6.07) is -0.750. The number of hydrogen-bond acceptors (Lipinski definition) is 4. The Labute approximate surface area is 99.8 Å². The molecule has 0 aromatic rings. The van der Waals surface area contributed by atoms with Gasteiger partial charge in [0.05, 0.1) is 17.8 Å². The van der Waals surface area contributed by atoms with Gasteiger partial charge in [-0.3, -0.25) is 9.69 Å². The lowest BCUT2D eigenvalue weighted by Crippen LogP contribution is -2.63. The molecule has 0 spiro atoms. The molecular formula is C9H15N3O4S. The standard InChI is InChI=1S/C9H15N3O4S/c1-6(2)17(15,16)11-4-7(5-11)12-8(13)3-10-9(12)14/h6-7H,3-5H2,1-2H3,(H,10,14). The van der Waals surface area contributed by atoms with Crippen LogP contribution in [0.4, 0.5) is 4.79 Å². The highest BCUT2D eigenvalue weighted by molar-refractivity contribution is 7.89. The van der Waals surface area contributed by atoms with Crippen LogP contribution in [-0.4, -0.2) is 60.5 Å². The first kappa shape index (κ1) is 12.3. The van der Waals surface area contributed by atoms with E-state index in [1.807, 2.05) is 0 Å². The molecule has 96 valence electrons. The fourth-order valence-electron chi connectivity index (χ4n) is 1.89. The Hall–Kier alpha value is -1.15. The Kier molecular flexibility index (Phi) is 2.86. The van der Waals surface area contributed by atoms with Crippen LogP contribution < -0.4 is 5.32 Å². The van der Waals surface area contributed by atoms with Crippen LogP contribution in [0.5, 0.6) is 0 Å². The second-order valence-corrected chi connectivity index (χ2v) is 6.98. The van der Waals surface area contributed by atoms with Gasteiger partial charge < -0.3 is 5.32 Å². The summed E-state index contributed by atoms with van der Waals surface area (Å²) >= 11 is 0. The molecule has 0 aromatic heterocycles. The van der Waals surface area contributed by atoms with Crippen molar-refractivity contribution in [3.63, 3.8) is 0 Å². The van der Waals surface area contributed by atoms with Crippen LogP contribution in [0.15, 0.2) is 0 Å². The van der Waals surface area contributed by atoms with Crippen LogP contribution in [0, 0.1) is 0 Å². The van der Waals surface area contributed by atoms with Gasteiger partial charge in [-0.25, -0.2) is 13.2 Å². The van der Waals surface area contributed by atoms with Crippen molar-refractivity contribution in [2.24, 2.45) is 0 Å². The van der Waals surface area contributed by atoms with E-state index in [0.717, 1.165) is 4.90 Å². The van der Waals surface area contributed by atoms with Crippen LogP contribution in [0.1, 0.15) is 13.8 Å². The summed E-state index contributed by atoms with van der Waals surface area (Å²) < 4.78 is 24.8. The third-order valence-corrected chi connectivity index (χ3v) is 5.24. The number of imide groups is 1. The summed E-state index contributed by atoms with van der Waals surface area (Å²) in [5, 5.41) is 1.93. The van der Waals surface area contributed by atoms with E-state index in [9.17, 15) is 18.0 Å². The van der Waals surface area contributed by atoms with Gasteiger partial charge >= 0.3 is 6.03 Å². The maximum absolute atomic E-state index is 11.8. The van der Waals surface area contributed by atoms with Crippen LogP contribution in [0.2, 0.25) is 0 Å². The molecule has 2 heterocycles. The van der Waals surface area contributed by atoms with Gasteiger partial charge in [-0.05, 0) is 13.8 Å². The summed E-state index contributed by atoms with van der Waals surface area (Å²) in [6.45, 7) is 3.64. The number of amides is 3. The Bertz CT molecular complexity index is 437. The van der Waals surface area contributed by atoms with Crippen LogP contribution in [0.3, 0.4) is 0 Å². The molecule has 0 aliphatic carbocycles. The van der Waals surface area contributed by atoms with Gasteiger partial charge in [0.25, 0.3) is 0 Å². The molecule has 2 fully saturated rings. The minimum atomic E-state index is -3.27. The molecule has 8 heteroatoms. The SMILES string of the molecule is CC(C)S(=O)(=O)N1CC(N2C(=O)CNC2=O)C1. The summed E-state index contributed by atoms with van der Waals surface area (Å²) in [7, 11) is -3.27. The van der Waals surface area contributed by atoms with E-state index in [4.69, 9.17) is 0 Å². The molecule has 17 heavy (non-hydrogen) atoms. The zero-order chi connectivity index (χ0) is 12.8. The van der Waals surface area contributed by atoms with Crippen molar-refractivity contribution in [3.05, 3.63) is 0 Å². The fraction of sp³-hybridized carbons (Fsp3) is 0.778. The van der Waals surface area contributed by atoms with Crippen molar-refractivity contribution in [1.82, 2.24) is 14.5 Å². The van der Waals surface area contributed by atoms with Crippen LogP contribution in [0.25, 0.3) is 0 Å². The molecule has 3 amide bonds. The zero-order valence-electron chi connectivity index (χ0n) is 9.71. The first-order valence-electron chi connectivity index (χ1n) is 5.43. The fourth-order valence-corrected chi connectivity index (χ4v) is 3.25. The molecule has 2 aliphatic rings. The minimum Gasteiger partial charge on any atom is -0.329 e. The van der Waals surface area contributed by atoms with E-state index in [-0.39, 0.29) is 31.6 Å². The molecule has 0 aromatic carbocycles. The molecule has 2 aliphatic heterocycles. The number of nitrogens with zero attached hydrogens (tertiary/aromatic N) is 2. The number of hydrogen-bond donors (Lipinski definition) is 1. The Morgan fingerprint density at radius 3 is 2.29 bits per heavy atom. The third-order valence-electron chi connectivity index (χ3n) is 3.03. The third kappa shape index (κ3) is 1.91. The van der Waals surface area contributed by atoms with E-state index < -0.39 is 21.3 Å². The second kappa shape index (κ2) is 3.95. The number of carbonyl (C=O) groups is 2. The minimum absolute atomic E-state index is 0.00621. The van der Waals surface area contributed by atoms with Crippen molar-refractivity contribution in [1.29, 1.82) is 0 Å². The van der Waals surface area contributed by atoms with Crippen molar-refractivity contribution in [3.8, 4) is 0 Å². The average Bonchev–Trinajstić information content (AvgIpc) is 2.46. The number of sulfonamides is 1. The molecule has 2 rings (SSSR count). The van der Waals surface area contributed by atoms with Crippen LogP contribution in [-0.2, 0) is 14.8 Å². The van der Waals surface area contributed by atoms with Crippen molar-refractivity contribution in [2.75, 3.05) is 19.6 Å². The van der Waals surface area contributed by atoms with Gasteiger partial charge in [-0.2, -0.15) is 4.31 Å². The summed E-state index contributed by atoms with van der Waals surface area (Å²) in [4.78, 5) is 23.8. The largest absolute Gasteiger partial charge is 0.329 e.